The molecule has 1 amide bonds. The smallest absolute Gasteiger partial charge is 0.410 e. The molecule has 2 aliphatic carbocycles. The molecule has 23 heavy (non-hydrogen) atoms. The minimum absolute atomic E-state index is 0.0141. The van der Waals surface area contributed by atoms with Gasteiger partial charge in [0.1, 0.15) is 5.60 Å². The zero-order valence-electron chi connectivity index (χ0n) is 14.2. The van der Waals surface area contributed by atoms with Gasteiger partial charge in [0.25, 0.3) is 0 Å². The Morgan fingerprint density at radius 3 is 2.39 bits per heavy atom. The largest absolute Gasteiger partial charge is 0.481 e. The minimum Gasteiger partial charge on any atom is -0.481 e. The van der Waals surface area contributed by atoms with Crippen molar-refractivity contribution in [2.24, 2.45) is 23.0 Å². The molecule has 0 aromatic heterocycles. The molecule has 0 spiro atoms. The van der Waals surface area contributed by atoms with Gasteiger partial charge < -0.3 is 20.5 Å². The lowest BCUT2D eigenvalue weighted by Gasteiger charge is -2.50. The minimum atomic E-state index is -0.713. The molecule has 4 aliphatic rings. The van der Waals surface area contributed by atoms with Crippen molar-refractivity contribution in [3.8, 4) is 0 Å². The third-order valence-electron chi connectivity index (χ3n) is 5.91. The predicted molar refractivity (Wildman–Crippen MR) is 84.8 cm³/mol. The lowest BCUT2D eigenvalue weighted by molar-refractivity contribution is -0.162. The van der Waals surface area contributed by atoms with E-state index < -0.39 is 17.0 Å². The van der Waals surface area contributed by atoms with Crippen LogP contribution in [0.5, 0.6) is 0 Å². The molecular weight excluding hydrogens is 296 g/mol. The van der Waals surface area contributed by atoms with Crippen LogP contribution in [0.15, 0.2) is 0 Å². The lowest BCUT2D eigenvalue weighted by atomic mass is 9.54. The molecule has 6 heteroatoms. The summed E-state index contributed by atoms with van der Waals surface area (Å²) in [6, 6.07) is 0.127. The van der Waals surface area contributed by atoms with Crippen LogP contribution in [-0.4, -0.2) is 46.3 Å². The molecule has 0 aromatic carbocycles. The third-order valence-corrected chi connectivity index (χ3v) is 5.91. The van der Waals surface area contributed by atoms with Crippen LogP contribution in [-0.2, 0) is 9.53 Å². The number of ether oxygens (including phenoxy) is 1. The Balaban J connectivity index is 1.75. The number of hydrogen-bond donors (Lipinski definition) is 2. The number of fused-ring (bicyclic) bond motifs is 1. The summed E-state index contributed by atoms with van der Waals surface area (Å²) in [5.74, 6) is -0.368. The van der Waals surface area contributed by atoms with Crippen LogP contribution in [0, 0.1) is 17.3 Å². The van der Waals surface area contributed by atoms with Gasteiger partial charge in [0.15, 0.2) is 0 Å². The number of carbonyl (C=O) groups is 2. The summed E-state index contributed by atoms with van der Waals surface area (Å²) < 4.78 is 5.48. The maximum atomic E-state index is 12.4. The highest BCUT2D eigenvalue weighted by Gasteiger charge is 2.64. The first kappa shape index (κ1) is 16.6. The van der Waals surface area contributed by atoms with Gasteiger partial charge in [-0.25, -0.2) is 4.79 Å². The third kappa shape index (κ3) is 2.71. The van der Waals surface area contributed by atoms with Crippen molar-refractivity contribution >= 4 is 12.1 Å². The number of amides is 1. The fraction of sp³-hybridized carbons (Fsp3) is 0.882. The van der Waals surface area contributed by atoms with Crippen molar-refractivity contribution in [1.82, 2.24) is 4.90 Å². The average molecular weight is 324 g/mol. The molecule has 2 saturated carbocycles. The first-order chi connectivity index (χ1) is 10.6. The normalized spacial score (nSPS) is 39.7. The molecule has 2 heterocycles. The second kappa shape index (κ2) is 5.36. The molecule has 4 fully saturated rings. The standard InChI is InChI=1S/C17H28N2O4/c1-16(2,3)23-15(22)19-9-10-8-12(19)13(10)17(14(20)21)6-4-11(18)5-7-17/h10-13H,4-9,18H2,1-3H3,(H,20,21)/t10-,11?,12-,13?,17?/m0/s1. The summed E-state index contributed by atoms with van der Waals surface area (Å²) in [7, 11) is 0. The first-order valence-corrected chi connectivity index (χ1v) is 8.63. The maximum absolute atomic E-state index is 12.4. The summed E-state index contributed by atoms with van der Waals surface area (Å²) in [6.45, 7) is 6.18. The summed E-state index contributed by atoms with van der Waals surface area (Å²) in [4.78, 5) is 26.2. The summed E-state index contributed by atoms with van der Waals surface area (Å²) >= 11 is 0. The topological polar surface area (TPSA) is 92.9 Å². The van der Waals surface area contributed by atoms with E-state index in [1.54, 1.807) is 4.90 Å². The van der Waals surface area contributed by atoms with Crippen LogP contribution in [0.1, 0.15) is 52.9 Å². The second-order valence-corrected chi connectivity index (χ2v) is 8.52. The Bertz CT molecular complexity index is 505. The van der Waals surface area contributed by atoms with Crippen LogP contribution < -0.4 is 5.73 Å². The number of hydrogen-bond acceptors (Lipinski definition) is 4. The van der Waals surface area contributed by atoms with Crippen LogP contribution >= 0.6 is 0 Å². The van der Waals surface area contributed by atoms with E-state index >= 15 is 0 Å². The van der Waals surface area contributed by atoms with Crippen molar-refractivity contribution in [1.29, 1.82) is 0 Å². The Morgan fingerprint density at radius 2 is 1.87 bits per heavy atom. The molecule has 0 aromatic rings. The van der Waals surface area contributed by atoms with E-state index in [1.807, 2.05) is 20.8 Å². The van der Waals surface area contributed by atoms with E-state index in [2.05, 4.69) is 0 Å². The van der Waals surface area contributed by atoms with Gasteiger partial charge in [-0.05, 0) is 58.8 Å². The van der Waals surface area contributed by atoms with Gasteiger partial charge in [0.2, 0.25) is 0 Å². The molecule has 4 rings (SSSR count). The highest BCUT2D eigenvalue weighted by Crippen LogP contribution is 2.59. The van der Waals surface area contributed by atoms with Crippen molar-refractivity contribution in [3.05, 3.63) is 0 Å². The predicted octanol–water partition coefficient (Wildman–Crippen LogP) is 2.21. The van der Waals surface area contributed by atoms with Gasteiger partial charge in [0.05, 0.1) is 5.41 Å². The Labute approximate surface area is 137 Å². The fourth-order valence-electron chi connectivity index (χ4n) is 4.81. The molecule has 3 N–H and O–H groups in total. The highest BCUT2D eigenvalue weighted by atomic mass is 16.6. The second-order valence-electron chi connectivity index (χ2n) is 8.52. The number of aliphatic carboxylic acids is 1. The average Bonchev–Trinajstić information content (AvgIpc) is 2.98. The molecule has 1 unspecified atom stereocenters. The molecular formula is C17H28N2O4. The summed E-state index contributed by atoms with van der Waals surface area (Å²) in [6.07, 6.45) is 3.38. The molecule has 130 valence electrons. The van der Waals surface area contributed by atoms with Crippen LogP contribution in [0.2, 0.25) is 0 Å². The quantitative estimate of drug-likeness (QED) is 0.812. The van der Waals surface area contributed by atoms with Crippen molar-refractivity contribution in [2.75, 3.05) is 6.54 Å². The fourth-order valence-corrected chi connectivity index (χ4v) is 4.81. The Kier molecular flexibility index (Phi) is 3.86. The molecule has 2 aliphatic heterocycles. The van der Waals surface area contributed by atoms with Crippen LogP contribution in [0.3, 0.4) is 0 Å². The van der Waals surface area contributed by atoms with Crippen LogP contribution in [0.25, 0.3) is 0 Å². The molecule has 2 bridgehead atoms. The molecule has 0 radical (unpaired) electrons. The van der Waals surface area contributed by atoms with E-state index in [0.29, 0.717) is 19.4 Å². The van der Waals surface area contributed by atoms with E-state index in [0.717, 1.165) is 19.3 Å². The number of rotatable bonds is 2. The van der Waals surface area contributed by atoms with Gasteiger partial charge in [-0.15, -0.1) is 0 Å². The molecule has 6 nitrogen and oxygen atoms in total. The van der Waals surface area contributed by atoms with E-state index in [4.69, 9.17) is 10.5 Å². The van der Waals surface area contributed by atoms with Crippen molar-refractivity contribution in [3.63, 3.8) is 0 Å². The number of nitrogens with zero attached hydrogens (tertiary/aromatic N) is 1. The highest BCUT2D eigenvalue weighted by molar-refractivity contribution is 5.77. The Hall–Kier alpha value is -1.30. The summed E-state index contributed by atoms with van der Waals surface area (Å²) in [5, 5.41) is 9.91. The number of carbonyl (C=O) groups excluding carboxylic acids is 1. The van der Waals surface area contributed by atoms with Gasteiger partial charge in [-0.3, -0.25) is 4.79 Å². The van der Waals surface area contributed by atoms with Crippen LogP contribution in [0.4, 0.5) is 4.79 Å². The lowest BCUT2D eigenvalue weighted by Crippen LogP contribution is -2.56. The van der Waals surface area contributed by atoms with E-state index in [-0.39, 0.29) is 30.0 Å². The molecule has 2 saturated heterocycles. The zero-order chi connectivity index (χ0) is 17.0. The van der Waals surface area contributed by atoms with Gasteiger partial charge in [0, 0.05) is 24.5 Å². The zero-order valence-corrected chi connectivity index (χ0v) is 14.2. The summed E-state index contributed by atoms with van der Waals surface area (Å²) in [5.41, 5.74) is 4.73. The number of carboxylic acid groups (broad SMARTS) is 1. The van der Waals surface area contributed by atoms with Crippen molar-refractivity contribution in [2.45, 2.75) is 70.6 Å². The Morgan fingerprint density at radius 1 is 1.26 bits per heavy atom. The van der Waals surface area contributed by atoms with Gasteiger partial charge in [-0.2, -0.15) is 0 Å². The maximum Gasteiger partial charge on any atom is 0.410 e. The van der Waals surface area contributed by atoms with E-state index in [9.17, 15) is 14.7 Å². The monoisotopic (exact) mass is 324 g/mol. The van der Waals surface area contributed by atoms with Gasteiger partial charge >= 0.3 is 12.1 Å². The van der Waals surface area contributed by atoms with Gasteiger partial charge in [-0.1, -0.05) is 0 Å². The SMILES string of the molecule is CC(C)(C)OC(=O)N1C[C@@H]2C[C@H]1C2C1(C(=O)O)CCC(N)CC1. The van der Waals surface area contributed by atoms with E-state index in [1.165, 1.54) is 0 Å². The van der Waals surface area contributed by atoms with Crippen molar-refractivity contribution < 1.29 is 19.4 Å². The number of carboxylic acids is 1. The number of nitrogens with two attached hydrogens (primary N) is 1. The molecule has 3 atom stereocenters. The first-order valence-electron chi connectivity index (χ1n) is 8.63.